The van der Waals surface area contributed by atoms with Crippen molar-refractivity contribution >= 4 is 6.47 Å². The first-order chi connectivity index (χ1) is 5.70. The zero-order chi connectivity index (χ0) is 9.14. The molecule has 0 aliphatic carbocycles. The predicted molar refractivity (Wildman–Crippen MR) is 44.1 cm³/mol. The minimum atomic E-state index is 0.428. The van der Waals surface area contributed by atoms with Gasteiger partial charge in [-0.1, -0.05) is 0 Å². The van der Waals surface area contributed by atoms with Crippen molar-refractivity contribution in [2.24, 2.45) is 0 Å². The Kier molecular flexibility index (Phi) is 2.47. The van der Waals surface area contributed by atoms with Crippen LogP contribution in [0.25, 0.3) is 0 Å². The molecule has 1 aromatic heterocycles. The number of ether oxygens (including phenoxy) is 1. The first-order valence-corrected chi connectivity index (χ1v) is 3.85. The Morgan fingerprint density at radius 1 is 1.58 bits per heavy atom. The maximum atomic E-state index is 10.1. The van der Waals surface area contributed by atoms with Gasteiger partial charge in [0.2, 0.25) is 0 Å². The van der Waals surface area contributed by atoms with Crippen LogP contribution in [0.5, 0.6) is 5.75 Å². The Balaban J connectivity index is 3.09. The Hall–Kier alpha value is -1.32. The molecule has 66 valence electrons. The molecule has 0 fully saturated rings. The quantitative estimate of drug-likeness (QED) is 0.634. The van der Waals surface area contributed by atoms with Crippen molar-refractivity contribution in [1.29, 1.82) is 0 Å². The summed E-state index contributed by atoms with van der Waals surface area (Å²) >= 11 is 0. The summed E-state index contributed by atoms with van der Waals surface area (Å²) in [7, 11) is 0. The van der Waals surface area contributed by atoms with Gasteiger partial charge in [-0.2, -0.15) is 5.10 Å². The Bertz CT molecular complexity index is 291. The molecule has 0 unspecified atom stereocenters. The van der Waals surface area contributed by atoms with Crippen molar-refractivity contribution in [3.63, 3.8) is 0 Å². The van der Waals surface area contributed by atoms with Crippen molar-refractivity contribution in [1.82, 2.24) is 9.78 Å². The summed E-state index contributed by atoms with van der Waals surface area (Å²) in [6.45, 7) is 6.90. The van der Waals surface area contributed by atoms with E-state index >= 15 is 0 Å². The lowest BCUT2D eigenvalue weighted by Crippen LogP contribution is -1.99. The van der Waals surface area contributed by atoms with Crippen LogP contribution in [-0.2, 0) is 11.3 Å². The lowest BCUT2D eigenvalue weighted by Gasteiger charge is -1.98. The van der Waals surface area contributed by atoms with Crippen molar-refractivity contribution in [3.8, 4) is 5.75 Å². The van der Waals surface area contributed by atoms with Crippen LogP contribution in [0.2, 0.25) is 0 Å². The second-order valence-corrected chi connectivity index (χ2v) is 2.53. The van der Waals surface area contributed by atoms with E-state index in [0.29, 0.717) is 12.2 Å². The highest BCUT2D eigenvalue weighted by atomic mass is 16.5. The van der Waals surface area contributed by atoms with Gasteiger partial charge in [0.25, 0.3) is 6.47 Å². The molecule has 0 radical (unpaired) electrons. The molecule has 0 saturated heterocycles. The standard InChI is InChI=1S/C8H12N2O2/c1-4-10-7(3)8(12-5-11)6(2)9-10/h5H,4H2,1-3H3. The minimum Gasteiger partial charge on any atom is -0.425 e. The topological polar surface area (TPSA) is 44.1 Å². The normalized spacial score (nSPS) is 9.92. The summed E-state index contributed by atoms with van der Waals surface area (Å²) in [5.74, 6) is 0.576. The fourth-order valence-corrected chi connectivity index (χ4v) is 1.21. The van der Waals surface area contributed by atoms with E-state index < -0.39 is 0 Å². The summed E-state index contributed by atoms with van der Waals surface area (Å²) in [4.78, 5) is 10.1. The van der Waals surface area contributed by atoms with Crippen LogP contribution in [0, 0.1) is 13.8 Å². The highest BCUT2D eigenvalue weighted by Gasteiger charge is 2.10. The lowest BCUT2D eigenvalue weighted by molar-refractivity contribution is -0.120. The minimum absolute atomic E-state index is 0.428. The lowest BCUT2D eigenvalue weighted by atomic mass is 10.3. The zero-order valence-corrected chi connectivity index (χ0v) is 7.50. The van der Waals surface area contributed by atoms with E-state index in [2.05, 4.69) is 5.10 Å². The summed E-state index contributed by atoms with van der Waals surface area (Å²) in [6.07, 6.45) is 0. The fourth-order valence-electron chi connectivity index (χ4n) is 1.21. The molecule has 0 aliphatic heterocycles. The van der Waals surface area contributed by atoms with Gasteiger partial charge >= 0.3 is 0 Å². The molecule has 0 spiro atoms. The van der Waals surface area contributed by atoms with Gasteiger partial charge in [-0.25, -0.2) is 0 Å². The third-order valence-corrected chi connectivity index (χ3v) is 1.78. The van der Waals surface area contributed by atoms with Gasteiger partial charge in [0.05, 0.1) is 5.69 Å². The predicted octanol–water partition coefficient (Wildman–Crippen LogP) is 1.06. The molecule has 0 amide bonds. The number of hydrogen-bond acceptors (Lipinski definition) is 3. The molecular formula is C8H12N2O2. The number of carbonyl (C=O) groups is 1. The van der Waals surface area contributed by atoms with Gasteiger partial charge < -0.3 is 4.74 Å². The second-order valence-electron chi connectivity index (χ2n) is 2.53. The Morgan fingerprint density at radius 3 is 2.67 bits per heavy atom. The zero-order valence-electron chi connectivity index (χ0n) is 7.50. The number of aryl methyl sites for hydroxylation is 2. The van der Waals surface area contributed by atoms with Gasteiger partial charge in [-0.15, -0.1) is 0 Å². The van der Waals surface area contributed by atoms with Crippen LogP contribution >= 0.6 is 0 Å². The Morgan fingerprint density at radius 2 is 2.25 bits per heavy atom. The van der Waals surface area contributed by atoms with Crippen LogP contribution in [0.15, 0.2) is 0 Å². The van der Waals surface area contributed by atoms with E-state index in [1.54, 1.807) is 4.68 Å². The van der Waals surface area contributed by atoms with E-state index in [9.17, 15) is 4.79 Å². The van der Waals surface area contributed by atoms with Crippen molar-refractivity contribution < 1.29 is 9.53 Å². The molecule has 1 rings (SSSR count). The van der Waals surface area contributed by atoms with Gasteiger partial charge in [0, 0.05) is 6.54 Å². The molecule has 12 heavy (non-hydrogen) atoms. The van der Waals surface area contributed by atoms with E-state index in [0.717, 1.165) is 17.9 Å². The third-order valence-electron chi connectivity index (χ3n) is 1.78. The van der Waals surface area contributed by atoms with E-state index in [1.807, 2.05) is 20.8 Å². The summed E-state index contributed by atoms with van der Waals surface area (Å²) in [5, 5.41) is 4.18. The maximum absolute atomic E-state index is 10.1. The SMILES string of the molecule is CCn1nc(C)c(OC=O)c1C. The maximum Gasteiger partial charge on any atom is 0.298 e. The number of nitrogens with zero attached hydrogens (tertiary/aromatic N) is 2. The van der Waals surface area contributed by atoms with Gasteiger partial charge in [0.15, 0.2) is 5.75 Å². The first kappa shape index (κ1) is 8.77. The molecule has 4 heteroatoms. The summed E-state index contributed by atoms with van der Waals surface area (Å²) < 4.78 is 6.59. The highest BCUT2D eigenvalue weighted by molar-refractivity contribution is 5.48. The number of aromatic nitrogens is 2. The molecule has 4 nitrogen and oxygen atoms in total. The molecule has 0 atom stereocenters. The number of carbonyl (C=O) groups excluding carboxylic acids is 1. The number of rotatable bonds is 3. The molecule has 0 aromatic carbocycles. The summed E-state index contributed by atoms with van der Waals surface area (Å²) in [6, 6.07) is 0. The monoisotopic (exact) mass is 168 g/mol. The van der Waals surface area contributed by atoms with Crippen LogP contribution in [0.1, 0.15) is 18.3 Å². The average Bonchev–Trinajstić information content (AvgIpc) is 2.32. The van der Waals surface area contributed by atoms with Crippen molar-refractivity contribution in [2.75, 3.05) is 0 Å². The molecule has 1 heterocycles. The largest absolute Gasteiger partial charge is 0.425 e. The van der Waals surface area contributed by atoms with Gasteiger partial charge in [0.1, 0.15) is 5.69 Å². The van der Waals surface area contributed by atoms with E-state index in [4.69, 9.17) is 4.74 Å². The second kappa shape index (κ2) is 3.38. The summed E-state index contributed by atoms with van der Waals surface area (Å²) in [5.41, 5.74) is 1.64. The third kappa shape index (κ3) is 1.32. The molecular weight excluding hydrogens is 156 g/mol. The first-order valence-electron chi connectivity index (χ1n) is 3.85. The van der Waals surface area contributed by atoms with Crippen molar-refractivity contribution in [2.45, 2.75) is 27.3 Å². The van der Waals surface area contributed by atoms with Crippen molar-refractivity contribution in [3.05, 3.63) is 11.4 Å². The van der Waals surface area contributed by atoms with Crippen LogP contribution in [0.3, 0.4) is 0 Å². The highest BCUT2D eigenvalue weighted by Crippen LogP contribution is 2.21. The van der Waals surface area contributed by atoms with Crippen LogP contribution in [-0.4, -0.2) is 16.3 Å². The van der Waals surface area contributed by atoms with E-state index in [-0.39, 0.29) is 0 Å². The fraction of sp³-hybridized carbons (Fsp3) is 0.500. The smallest absolute Gasteiger partial charge is 0.298 e. The van der Waals surface area contributed by atoms with Crippen LogP contribution < -0.4 is 4.74 Å². The van der Waals surface area contributed by atoms with Gasteiger partial charge in [-0.05, 0) is 20.8 Å². The van der Waals surface area contributed by atoms with Gasteiger partial charge in [-0.3, -0.25) is 9.48 Å². The Labute approximate surface area is 71.1 Å². The molecule has 0 saturated carbocycles. The molecule has 0 N–H and O–H groups in total. The van der Waals surface area contributed by atoms with E-state index in [1.165, 1.54) is 0 Å². The number of hydrogen-bond donors (Lipinski definition) is 0. The molecule has 1 aromatic rings. The average molecular weight is 168 g/mol. The molecule has 0 aliphatic rings. The van der Waals surface area contributed by atoms with Crippen LogP contribution in [0.4, 0.5) is 0 Å². The molecule has 0 bridgehead atoms.